The molecule has 0 aromatic rings. The molecule has 0 aromatic heterocycles. The van der Waals surface area contributed by atoms with Crippen molar-refractivity contribution >= 4 is 12.0 Å². The first kappa shape index (κ1) is 13.8. The highest BCUT2D eigenvalue weighted by molar-refractivity contribution is 5.83. The van der Waals surface area contributed by atoms with Gasteiger partial charge in [0, 0.05) is 5.54 Å². The average Bonchev–Trinajstić information content (AvgIpc) is 2.95. The van der Waals surface area contributed by atoms with E-state index < -0.39 is 18.0 Å². The fourth-order valence-corrected chi connectivity index (χ4v) is 1.89. The predicted octanol–water partition coefficient (Wildman–Crippen LogP) is 1.58. The zero-order valence-electron chi connectivity index (χ0n) is 10.9. The van der Waals surface area contributed by atoms with E-state index in [-0.39, 0.29) is 11.5 Å². The van der Waals surface area contributed by atoms with Gasteiger partial charge in [0.05, 0.1) is 0 Å². The van der Waals surface area contributed by atoms with Gasteiger partial charge >= 0.3 is 12.0 Å². The minimum Gasteiger partial charge on any atom is -0.480 e. The van der Waals surface area contributed by atoms with Crippen LogP contribution in [0, 0.1) is 11.8 Å². The Labute approximate surface area is 102 Å². The second-order valence-electron chi connectivity index (χ2n) is 5.65. The molecule has 5 nitrogen and oxygen atoms in total. The van der Waals surface area contributed by atoms with Crippen molar-refractivity contribution in [3.05, 3.63) is 0 Å². The third-order valence-electron chi connectivity index (χ3n) is 3.25. The normalized spacial score (nSPS) is 17.7. The molecule has 0 saturated heterocycles. The van der Waals surface area contributed by atoms with Gasteiger partial charge in [-0.05, 0) is 38.5 Å². The molecule has 0 radical (unpaired) electrons. The molecule has 1 aliphatic rings. The van der Waals surface area contributed by atoms with E-state index in [1.807, 2.05) is 13.8 Å². The molecule has 1 atom stereocenters. The van der Waals surface area contributed by atoms with Gasteiger partial charge in [-0.2, -0.15) is 0 Å². The maximum Gasteiger partial charge on any atom is 0.326 e. The van der Waals surface area contributed by atoms with Gasteiger partial charge < -0.3 is 15.7 Å². The Hall–Kier alpha value is -1.26. The molecule has 1 fully saturated rings. The second-order valence-corrected chi connectivity index (χ2v) is 5.65. The van der Waals surface area contributed by atoms with Crippen LogP contribution in [0.3, 0.4) is 0 Å². The van der Waals surface area contributed by atoms with Gasteiger partial charge in [-0.15, -0.1) is 0 Å². The van der Waals surface area contributed by atoms with Crippen LogP contribution in [0.5, 0.6) is 0 Å². The first-order chi connectivity index (χ1) is 7.74. The van der Waals surface area contributed by atoms with E-state index in [1.165, 1.54) is 0 Å². The summed E-state index contributed by atoms with van der Waals surface area (Å²) in [6.07, 6.45) is 2.25. The lowest BCUT2D eigenvalue weighted by atomic mass is 9.99. The molecule has 3 N–H and O–H groups in total. The summed E-state index contributed by atoms with van der Waals surface area (Å²) >= 11 is 0. The number of nitrogens with one attached hydrogen (secondary N) is 2. The summed E-state index contributed by atoms with van der Waals surface area (Å²) in [5, 5.41) is 14.3. The van der Waals surface area contributed by atoms with Crippen LogP contribution in [0.15, 0.2) is 0 Å². The van der Waals surface area contributed by atoms with Crippen molar-refractivity contribution in [2.45, 2.75) is 52.1 Å². The van der Waals surface area contributed by atoms with E-state index in [4.69, 9.17) is 5.11 Å². The van der Waals surface area contributed by atoms with Crippen molar-refractivity contribution in [1.82, 2.24) is 10.6 Å². The average molecular weight is 242 g/mol. The number of urea groups is 1. The summed E-state index contributed by atoms with van der Waals surface area (Å²) < 4.78 is 0. The number of carboxylic acid groups (broad SMARTS) is 1. The number of hydrogen-bond donors (Lipinski definition) is 3. The van der Waals surface area contributed by atoms with E-state index >= 15 is 0 Å². The lowest BCUT2D eigenvalue weighted by Gasteiger charge is -2.28. The molecule has 0 spiro atoms. The summed E-state index contributed by atoms with van der Waals surface area (Å²) in [4.78, 5) is 22.7. The fourth-order valence-electron chi connectivity index (χ4n) is 1.89. The number of rotatable bonds is 5. The van der Waals surface area contributed by atoms with Gasteiger partial charge in [0.25, 0.3) is 0 Å². The first-order valence-corrected chi connectivity index (χ1v) is 6.05. The Morgan fingerprint density at radius 2 is 1.82 bits per heavy atom. The van der Waals surface area contributed by atoms with Crippen molar-refractivity contribution in [3.63, 3.8) is 0 Å². The monoisotopic (exact) mass is 242 g/mol. The molecule has 0 bridgehead atoms. The summed E-state index contributed by atoms with van der Waals surface area (Å²) in [5.74, 6) is -0.628. The number of aliphatic carboxylic acids is 1. The van der Waals surface area contributed by atoms with Crippen molar-refractivity contribution < 1.29 is 14.7 Å². The van der Waals surface area contributed by atoms with Crippen LogP contribution < -0.4 is 10.6 Å². The molecular formula is C12H22N2O3. The SMILES string of the molecule is CC(C)[C@@H](NC(=O)NC(C)(C)C1CC1)C(=O)O. The molecule has 98 valence electrons. The standard InChI is InChI=1S/C12H22N2O3/c1-7(2)9(10(15)16)13-11(17)14-12(3,4)8-5-6-8/h7-9H,5-6H2,1-4H3,(H,15,16)(H2,13,14,17)/t9-/m1/s1. The highest BCUT2D eigenvalue weighted by Gasteiger charge is 2.39. The molecule has 17 heavy (non-hydrogen) atoms. The summed E-state index contributed by atoms with van der Waals surface area (Å²) in [5.41, 5.74) is -0.260. The number of carbonyl (C=O) groups excluding carboxylic acids is 1. The number of hydrogen-bond acceptors (Lipinski definition) is 2. The van der Waals surface area contributed by atoms with Crippen LogP contribution in [0.1, 0.15) is 40.5 Å². The number of carboxylic acids is 1. The fraction of sp³-hybridized carbons (Fsp3) is 0.833. The molecule has 0 aromatic carbocycles. The van der Waals surface area contributed by atoms with Crippen LogP contribution in [-0.2, 0) is 4.79 Å². The van der Waals surface area contributed by atoms with Crippen molar-refractivity contribution in [3.8, 4) is 0 Å². The van der Waals surface area contributed by atoms with E-state index in [1.54, 1.807) is 13.8 Å². The van der Waals surface area contributed by atoms with Gasteiger partial charge in [-0.1, -0.05) is 13.8 Å². The van der Waals surface area contributed by atoms with Crippen LogP contribution in [0.25, 0.3) is 0 Å². The summed E-state index contributed by atoms with van der Waals surface area (Å²) in [6, 6.07) is -1.24. The van der Waals surface area contributed by atoms with Crippen LogP contribution in [0.2, 0.25) is 0 Å². The third kappa shape index (κ3) is 3.91. The van der Waals surface area contributed by atoms with E-state index in [9.17, 15) is 9.59 Å². The smallest absolute Gasteiger partial charge is 0.326 e. The summed E-state index contributed by atoms with van der Waals surface area (Å²) in [6.45, 7) is 7.47. The largest absolute Gasteiger partial charge is 0.480 e. The van der Waals surface area contributed by atoms with Gasteiger partial charge in [0.15, 0.2) is 0 Å². The molecule has 1 aliphatic carbocycles. The number of carbonyl (C=O) groups is 2. The Kier molecular flexibility index (Phi) is 4.01. The van der Waals surface area contributed by atoms with Crippen molar-refractivity contribution in [2.24, 2.45) is 11.8 Å². The Bertz CT molecular complexity index is 309. The van der Waals surface area contributed by atoms with Crippen molar-refractivity contribution in [1.29, 1.82) is 0 Å². The van der Waals surface area contributed by atoms with Gasteiger partial charge in [0.2, 0.25) is 0 Å². The molecule has 0 aliphatic heterocycles. The number of amides is 2. The lowest BCUT2D eigenvalue weighted by molar-refractivity contribution is -0.140. The molecule has 1 rings (SSSR count). The van der Waals surface area contributed by atoms with Crippen LogP contribution in [-0.4, -0.2) is 28.7 Å². The lowest BCUT2D eigenvalue weighted by Crippen LogP contribution is -2.54. The maximum absolute atomic E-state index is 11.7. The zero-order valence-corrected chi connectivity index (χ0v) is 10.9. The molecule has 0 heterocycles. The Morgan fingerprint density at radius 1 is 1.29 bits per heavy atom. The molecule has 5 heteroatoms. The maximum atomic E-state index is 11.7. The Morgan fingerprint density at radius 3 is 2.18 bits per heavy atom. The molecule has 2 amide bonds. The molecule has 0 unspecified atom stereocenters. The third-order valence-corrected chi connectivity index (χ3v) is 3.25. The zero-order chi connectivity index (χ0) is 13.2. The van der Waals surface area contributed by atoms with E-state index in [0.29, 0.717) is 5.92 Å². The topological polar surface area (TPSA) is 78.4 Å². The van der Waals surface area contributed by atoms with Gasteiger partial charge in [0.1, 0.15) is 6.04 Å². The minimum atomic E-state index is -1.00. The summed E-state index contributed by atoms with van der Waals surface area (Å²) in [7, 11) is 0. The molecule has 1 saturated carbocycles. The predicted molar refractivity (Wildman–Crippen MR) is 64.7 cm³/mol. The Balaban J connectivity index is 2.50. The molecular weight excluding hydrogens is 220 g/mol. The second kappa shape index (κ2) is 4.94. The quantitative estimate of drug-likeness (QED) is 0.685. The van der Waals surface area contributed by atoms with E-state index in [2.05, 4.69) is 10.6 Å². The minimum absolute atomic E-state index is 0.137. The highest BCUT2D eigenvalue weighted by Crippen LogP contribution is 2.39. The van der Waals surface area contributed by atoms with Crippen LogP contribution >= 0.6 is 0 Å². The first-order valence-electron chi connectivity index (χ1n) is 6.05. The van der Waals surface area contributed by atoms with Crippen molar-refractivity contribution in [2.75, 3.05) is 0 Å². The van der Waals surface area contributed by atoms with Gasteiger partial charge in [-0.25, -0.2) is 9.59 Å². The van der Waals surface area contributed by atoms with E-state index in [0.717, 1.165) is 12.8 Å². The van der Waals surface area contributed by atoms with Gasteiger partial charge in [-0.3, -0.25) is 0 Å². The highest BCUT2D eigenvalue weighted by atomic mass is 16.4. The van der Waals surface area contributed by atoms with Crippen LogP contribution in [0.4, 0.5) is 4.79 Å².